The molecule has 7 heteroatoms. The van der Waals surface area contributed by atoms with E-state index in [9.17, 15) is 9.59 Å². The molecule has 0 bridgehead atoms. The zero-order valence-corrected chi connectivity index (χ0v) is 12.6. The minimum absolute atomic E-state index is 0. The van der Waals surface area contributed by atoms with Gasteiger partial charge in [0.15, 0.2) is 0 Å². The monoisotopic (exact) mass is 306 g/mol. The molecule has 1 heterocycles. The molecule has 0 aliphatic carbocycles. The van der Waals surface area contributed by atoms with Crippen molar-refractivity contribution < 1.29 is 14.7 Å². The van der Waals surface area contributed by atoms with Crippen molar-refractivity contribution in [3.63, 3.8) is 0 Å². The molecule has 0 saturated heterocycles. The van der Waals surface area contributed by atoms with Crippen LogP contribution in [0.15, 0.2) is 17.5 Å². The number of carboxylic acid groups (broad SMARTS) is 1. The van der Waals surface area contributed by atoms with Crippen LogP contribution in [0.4, 0.5) is 0 Å². The number of rotatable bonds is 7. The lowest BCUT2D eigenvalue weighted by atomic mass is 10.2. The van der Waals surface area contributed by atoms with Crippen molar-refractivity contribution in [1.29, 1.82) is 0 Å². The van der Waals surface area contributed by atoms with Gasteiger partial charge < -0.3 is 10.4 Å². The van der Waals surface area contributed by atoms with E-state index < -0.39 is 12.0 Å². The highest BCUT2D eigenvalue weighted by Gasteiger charge is 2.21. The number of hydrogen-bond donors (Lipinski definition) is 2. The van der Waals surface area contributed by atoms with E-state index in [4.69, 9.17) is 5.11 Å². The highest BCUT2D eigenvalue weighted by molar-refractivity contribution is 7.09. The standard InChI is InChI=1S/C12H18N2O3S.ClH/c1-3-10(12(16)17)14(2)8-11(15)13-7-9-5-4-6-18-9;/h4-6,10H,3,7-8H2,1-2H3,(H,13,15)(H,16,17);1H. The molecule has 1 atom stereocenters. The molecule has 0 aliphatic heterocycles. The Morgan fingerprint density at radius 2 is 2.21 bits per heavy atom. The second kappa shape index (κ2) is 8.90. The molecule has 1 unspecified atom stereocenters. The maximum atomic E-state index is 11.7. The number of nitrogens with zero attached hydrogens (tertiary/aromatic N) is 1. The Morgan fingerprint density at radius 1 is 1.53 bits per heavy atom. The van der Waals surface area contributed by atoms with Gasteiger partial charge in [-0.05, 0) is 24.9 Å². The van der Waals surface area contributed by atoms with Gasteiger partial charge in [0, 0.05) is 4.88 Å². The van der Waals surface area contributed by atoms with E-state index in [1.165, 1.54) is 0 Å². The van der Waals surface area contributed by atoms with Crippen molar-refractivity contribution in [3.8, 4) is 0 Å². The average Bonchev–Trinajstić information content (AvgIpc) is 2.79. The van der Waals surface area contributed by atoms with Gasteiger partial charge in [0.25, 0.3) is 0 Å². The van der Waals surface area contributed by atoms with E-state index >= 15 is 0 Å². The third-order valence-electron chi connectivity index (χ3n) is 2.64. The van der Waals surface area contributed by atoms with E-state index in [2.05, 4.69) is 5.32 Å². The number of hydrogen-bond acceptors (Lipinski definition) is 4. The number of carboxylic acids is 1. The summed E-state index contributed by atoms with van der Waals surface area (Å²) in [6.07, 6.45) is 0.476. The number of carbonyl (C=O) groups excluding carboxylic acids is 1. The molecular formula is C12H19ClN2O3S. The van der Waals surface area contributed by atoms with Crippen molar-refractivity contribution in [2.24, 2.45) is 0 Å². The van der Waals surface area contributed by atoms with Gasteiger partial charge in [0.05, 0.1) is 13.1 Å². The molecule has 0 radical (unpaired) electrons. The van der Waals surface area contributed by atoms with Crippen LogP contribution in [-0.4, -0.2) is 41.5 Å². The molecule has 0 fully saturated rings. The highest BCUT2D eigenvalue weighted by atomic mass is 35.5. The zero-order valence-electron chi connectivity index (χ0n) is 11.0. The van der Waals surface area contributed by atoms with Crippen molar-refractivity contribution in [1.82, 2.24) is 10.2 Å². The van der Waals surface area contributed by atoms with Gasteiger partial charge in [-0.1, -0.05) is 13.0 Å². The SMILES string of the molecule is CCC(C(=O)O)N(C)CC(=O)NCc1cccs1.Cl. The lowest BCUT2D eigenvalue weighted by Gasteiger charge is -2.22. The number of thiophene rings is 1. The number of nitrogens with one attached hydrogen (secondary N) is 1. The fraction of sp³-hybridized carbons (Fsp3) is 0.500. The molecule has 1 rings (SSSR count). The fourth-order valence-electron chi connectivity index (χ4n) is 1.67. The summed E-state index contributed by atoms with van der Waals surface area (Å²) >= 11 is 1.58. The van der Waals surface area contributed by atoms with Crippen LogP contribution >= 0.6 is 23.7 Å². The first-order chi connectivity index (χ1) is 8.54. The van der Waals surface area contributed by atoms with Crippen LogP contribution in [0.1, 0.15) is 18.2 Å². The number of amides is 1. The van der Waals surface area contributed by atoms with Gasteiger partial charge in [0.2, 0.25) is 5.91 Å². The number of aliphatic carboxylic acids is 1. The smallest absolute Gasteiger partial charge is 0.320 e. The molecule has 0 aliphatic rings. The quantitative estimate of drug-likeness (QED) is 0.802. The maximum Gasteiger partial charge on any atom is 0.320 e. The van der Waals surface area contributed by atoms with E-state index in [0.717, 1.165) is 4.88 Å². The topological polar surface area (TPSA) is 69.6 Å². The Hall–Kier alpha value is -1.11. The normalized spacial score (nSPS) is 11.7. The van der Waals surface area contributed by atoms with Gasteiger partial charge in [0.1, 0.15) is 6.04 Å². The second-order valence-electron chi connectivity index (χ2n) is 4.03. The van der Waals surface area contributed by atoms with E-state index in [1.54, 1.807) is 30.2 Å². The Morgan fingerprint density at radius 3 is 2.68 bits per heavy atom. The second-order valence-corrected chi connectivity index (χ2v) is 5.07. The summed E-state index contributed by atoms with van der Waals surface area (Å²) in [7, 11) is 1.65. The lowest BCUT2D eigenvalue weighted by molar-refractivity contribution is -0.143. The van der Waals surface area contributed by atoms with Crippen LogP contribution in [-0.2, 0) is 16.1 Å². The molecule has 2 N–H and O–H groups in total. The molecule has 0 saturated carbocycles. The molecule has 1 aromatic heterocycles. The summed E-state index contributed by atoms with van der Waals surface area (Å²) in [5, 5.41) is 13.7. The van der Waals surface area contributed by atoms with E-state index in [-0.39, 0.29) is 24.9 Å². The highest BCUT2D eigenvalue weighted by Crippen LogP contribution is 2.07. The van der Waals surface area contributed by atoms with Crippen molar-refractivity contribution >= 4 is 35.6 Å². The van der Waals surface area contributed by atoms with Gasteiger partial charge in [-0.25, -0.2) is 0 Å². The Balaban J connectivity index is 0.00000324. The first-order valence-corrected chi connectivity index (χ1v) is 6.64. The summed E-state index contributed by atoms with van der Waals surface area (Å²) in [6.45, 7) is 2.38. The van der Waals surface area contributed by atoms with Crippen molar-refractivity contribution in [2.45, 2.75) is 25.9 Å². The molecule has 5 nitrogen and oxygen atoms in total. The fourth-order valence-corrected chi connectivity index (χ4v) is 2.31. The van der Waals surface area contributed by atoms with Crippen LogP contribution in [0, 0.1) is 0 Å². The van der Waals surface area contributed by atoms with E-state index in [0.29, 0.717) is 13.0 Å². The van der Waals surface area contributed by atoms with Gasteiger partial charge in [-0.3, -0.25) is 14.5 Å². The Labute approximate surface area is 123 Å². The lowest BCUT2D eigenvalue weighted by Crippen LogP contribution is -2.43. The van der Waals surface area contributed by atoms with Crippen LogP contribution in [0.2, 0.25) is 0 Å². The molecule has 0 aromatic carbocycles. The molecule has 1 aromatic rings. The van der Waals surface area contributed by atoms with Crippen LogP contribution in [0.5, 0.6) is 0 Å². The molecule has 0 spiro atoms. The predicted octanol–water partition coefficient (Wildman–Crippen LogP) is 1.58. The zero-order chi connectivity index (χ0) is 13.5. The summed E-state index contributed by atoms with van der Waals surface area (Å²) < 4.78 is 0. The van der Waals surface area contributed by atoms with Gasteiger partial charge in [-0.2, -0.15) is 0 Å². The molecule has 19 heavy (non-hydrogen) atoms. The molecule has 108 valence electrons. The third-order valence-corrected chi connectivity index (χ3v) is 3.51. The van der Waals surface area contributed by atoms with Crippen LogP contribution < -0.4 is 5.32 Å². The summed E-state index contributed by atoms with van der Waals surface area (Å²) in [4.78, 5) is 25.2. The van der Waals surface area contributed by atoms with E-state index in [1.807, 2.05) is 17.5 Å². The van der Waals surface area contributed by atoms with Gasteiger partial charge in [-0.15, -0.1) is 23.7 Å². The summed E-state index contributed by atoms with van der Waals surface area (Å²) in [5.74, 6) is -1.06. The summed E-state index contributed by atoms with van der Waals surface area (Å²) in [6, 6.07) is 3.26. The Kier molecular flexibility index (Phi) is 8.38. The van der Waals surface area contributed by atoms with Crippen LogP contribution in [0.3, 0.4) is 0 Å². The first kappa shape index (κ1) is 17.9. The minimum Gasteiger partial charge on any atom is -0.480 e. The van der Waals surface area contributed by atoms with Crippen molar-refractivity contribution in [3.05, 3.63) is 22.4 Å². The maximum absolute atomic E-state index is 11.7. The first-order valence-electron chi connectivity index (χ1n) is 5.76. The molecule has 1 amide bonds. The largest absolute Gasteiger partial charge is 0.480 e. The summed E-state index contributed by atoms with van der Waals surface area (Å²) in [5.41, 5.74) is 0. The number of carbonyl (C=O) groups is 2. The predicted molar refractivity (Wildman–Crippen MR) is 77.8 cm³/mol. The average molecular weight is 307 g/mol. The Bertz CT molecular complexity index is 398. The van der Waals surface area contributed by atoms with Crippen LogP contribution in [0.25, 0.3) is 0 Å². The third kappa shape index (κ3) is 6.04. The minimum atomic E-state index is -0.897. The number of halogens is 1. The number of likely N-dealkylation sites (N-methyl/N-ethyl adjacent to an activating group) is 1. The van der Waals surface area contributed by atoms with Crippen molar-refractivity contribution in [2.75, 3.05) is 13.6 Å². The van der Waals surface area contributed by atoms with Gasteiger partial charge >= 0.3 is 5.97 Å². The molecular weight excluding hydrogens is 288 g/mol.